The van der Waals surface area contributed by atoms with E-state index >= 15 is 0 Å². The Morgan fingerprint density at radius 3 is 2.41 bits per heavy atom. The quantitative estimate of drug-likeness (QED) is 0.766. The lowest BCUT2D eigenvalue weighted by Gasteiger charge is -2.22. The van der Waals surface area contributed by atoms with Crippen molar-refractivity contribution in [1.82, 2.24) is 24.9 Å². The van der Waals surface area contributed by atoms with E-state index in [2.05, 4.69) is 10.4 Å². The van der Waals surface area contributed by atoms with Gasteiger partial charge in [-0.05, 0) is 0 Å². The van der Waals surface area contributed by atoms with Crippen LogP contribution < -0.4 is 5.32 Å². The van der Waals surface area contributed by atoms with Gasteiger partial charge in [0.15, 0.2) is 0 Å². The standard InChI is InChI=1S/C14H21N5O3/c1-10(20)18-4-5-19(9-12(8-18)13(21)15-2)14(22)11-6-16-17(3)7-11/h6-7,12H,4-5,8-9H2,1-3H3,(H,15,21). The van der Waals surface area contributed by atoms with E-state index in [4.69, 9.17) is 0 Å². The number of nitrogens with zero attached hydrogens (tertiary/aromatic N) is 4. The second kappa shape index (κ2) is 6.59. The molecular weight excluding hydrogens is 286 g/mol. The van der Waals surface area contributed by atoms with Gasteiger partial charge < -0.3 is 15.1 Å². The molecule has 120 valence electrons. The Kier molecular flexibility index (Phi) is 4.79. The first-order valence-corrected chi connectivity index (χ1v) is 7.17. The molecule has 0 saturated carbocycles. The summed E-state index contributed by atoms with van der Waals surface area (Å²) < 4.78 is 1.56. The molecular formula is C14H21N5O3. The van der Waals surface area contributed by atoms with Crippen molar-refractivity contribution in [2.24, 2.45) is 13.0 Å². The predicted molar refractivity (Wildman–Crippen MR) is 78.9 cm³/mol. The first-order valence-electron chi connectivity index (χ1n) is 7.17. The molecule has 8 nitrogen and oxygen atoms in total. The molecule has 1 aliphatic rings. The summed E-state index contributed by atoms with van der Waals surface area (Å²) in [5.74, 6) is -0.869. The molecule has 0 bridgehead atoms. The summed E-state index contributed by atoms with van der Waals surface area (Å²) in [6, 6.07) is 0. The third-order valence-corrected chi connectivity index (χ3v) is 3.82. The first kappa shape index (κ1) is 16.0. The Morgan fingerprint density at radius 1 is 1.23 bits per heavy atom. The maximum atomic E-state index is 12.5. The zero-order valence-electron chi connectivity index (χ0n) is 13.1. The number of nitrogens with one attached hydrogen (secondary N) is 1. The fraction of sp³-hybridized carbons (Fsp3) is 0.571. The summed E-state index contributed by atoms with van der Waals surface area (Å²) in [5, 5.41) is 6.59. The SMILES string of the molecule is CNC(=O)C1CN(C(C)=O)CCN(C(=O)c2cnn(C)c2)C1. The van der Waals surface area contributed by atoms with Gasteiger partial charge >= 0.3 is 0 Å². The van der Waals surface area contributed by atoms with Crippen LogP contribution >= 0.6 is 0 Å². The molecule has 1 aromatic heterocycles. The second-order valence-electron chi connectivity index (χ2n) is 5.43. The Morgan fingerprint density at radius 2 is 1.86 bits per heavy atom. The van der Waals surface area contributed by atoms with Crippen molar-refractivity contribution in [3.63, 3.8) is 0 Å². The highest BCUT2D eigenvalue weighted by Gasteiger charge is 2.31. The highest BCUT2D eigenvalue weighted by atomic mass is 16.2. The minimum Gasteiger partial charge on any atom is -0.359 e. The normalized spacial score (nSPS) is 18.8. The van der Waals surface area contributed by atoms with E-state index in [1.165, 1.54) is 13.1 Å². The van der Waals surface area contributed by atoms with E-state index in [9.17, 15) is 14.4 Å². The number of rotatable bonds is 2. The average Bonchev–Trinajstić information content (AvgIpc) is 2.80. The van der Waals surface area contributed by atoms with Crippen LogP contribution in [-0.4, -0.2) is 70.5 Å². The number of hydrogen-bond donors (Lipinski definition) is 1. The maximum Gasteiger partial charge on any atom is 0.257 e. The summed E-state index contributed by atoms with van der Waals surface area (Å²) in [4.78, 5) is 39.4. The largest absolute Gasteiger partial charge is 0.359 e. The van der Waals surface area contributed by atoms with E-state index in [-0.39, 0.29) is 24.3 Å². The van der Waals surface area contributed by atoms with Crippen molar-refractivity contribution in [2.45, 2.75) is 6.92 Å². The van der Waals surface area contributed by atoms with Crippen molar-refractivity contribution in [1.29, 1.82) is 0 Å². The van der Waals surface area contributed by atoms with E-state index in [1.54, 1.807) is 34.8 Å². The molecule has 0 spiro atoms. The van der Waals surface area contributed by atoms with Gasteiger partial charge in [0, 0.05) is 53.4 Å². The zero-order chi connectivity index (χ0) is 16.3. The van der Waals surface area contributed by atoms with E-state index < -0.39 is 5.92 Å². The van der Waals surface area contributed by atoms with Crippen LogP contribution in [0.15, 0.2) is 12.4 Å². The van der Waals surface area contributed by atoms with Gasteiger partial charge in [-0.3, -0.25) is 19.1 Å². The van der Waals surface area contributed by atoms with Crippen molar-refractivity contribution < 1.29 is 14.4 Å². The molecule has 2 heterocycles. The third-order valence-electron chi connectivity index (χ3n) is 3.82. The third kappa shape index (κ3) is 3.44. The summed E-state index contributed by atoms with van der Waals surface area (Å²) in [7, 11) is 3.29. The van der Waals surface area contributed by atoms with Crippen LogP contribution in [0, 0.1) is 5.92 Å². The number of aryl methyl sites for hydroxylation is 1. The molecule has 1 atom stereocenters. The molecule has 0 aliphatic carbocycles. The monoisotopic (exact) mass is 307 g/mol. The number of carbonyl (C=O) groups is 3. The molecule has 1 aliphatic heterocycles. The van der Waals surface area contributed by atoms with E-state index in [0.717, 1.165) is 0 Å². The predicted octanol–water partition coefficient (Wildman–Crippen LogP) is -0.913. The minimum absolute atomic E-state index is 0.0930. The molecule has 1 saturated heterocycles. The van der Waals surface area contributed by atoms with Crippen LogP contribution in [0.1, 0.15) is 17.3 Å². The fourth-order valence-electron chi connectivity index (χ4n) is 2.57. The topological polar surface area (TPSA) is 87.5 Å². The molecule has 1 unspecified atom stereocenters. The van der Waals surface area contributed by atoms with Gasteiger partial charge in [0.05, 0.1) is 17.7 Å². The van der Waals surface area contributed by atoms with E-state index in [1.807, 2.05) is 0 Å². The zero-order valence-corrected chi connectivity index (χ0v) is 13.1. The Labute approximate surface area is 129 Å². The fourth-order valence-corrected chi connectivity index (χ4v) is 2.57. The average molecular weight is 307 g/mol. The molecule has 2 rings (SSSR count). The van der Waals surface area contributed by atoms with Crippen LogP contribution in [0.2, 0.25) is 0 Å². The van der Waals surface area contributed by atoms with Crippen LogP contribution in [0.5, 0.6) is 0 Å². The second-order valence-corrected chi connectivity index (χ2v) is 5.43. The van der Waals surface area contributed by atoms with Gasteiger partial charge in [-0.25, -0.2) is 0 Å². The number of hydrogen-bond acceptors (Lipinski definition) is 4. The van der Waals surface area contributed by atoms with Gasteiger partial charge in [-0.15, -0.1) is 0 Å². The minimum atomic E-state index is -0.433. The van der Waals surface area contributed by atoms with Gasteiger partial charge in [0.2, 0.25) is 11.8 Å². The lowest BCUT2D eigenvalue weighted by molar-refractivity contribution is -0.130. The number of carbonyl (C=O) groups excluding carboxylic acids is 3. The van der Waals surface area contributed by atoms with E-state index in [0.29, 0.717) is 25.2 Å². The molecule has 1 N–H and O–H groups in total. The lowest BCUT2D eigenvalue weighted by Crippen LogP contribution is -2.42. The van der Waals surface area contributed by atoms with Gasteiger partial charge in [-0.1, -0.05) is 0 Å². The Bertz CT molecular complexity index is 583. The van der Waals surface area contributed by atoms with Crippen LogP contribution in [-0.2, 0) is 16.6 Å². The Hall–Kier alpha value is -2.38. The molecule has 22 heavy (non-hydrogen) atoms. The summed E-state index contributed by atoms with van der Waals surface area (Å²) in [6.45, 7) is 2.91. The lowest BCUT2D eigenvalue weighted by atomic mass is 10.1. The number of aromatic nitrogens is 2. The van der Waals surface area contributed by atoms with Crippen LogP contribution in [0.4, 0.5) is 0 Å². The van der Waals surface area contributed by atoms with Gasteiger partial charge in [0.1, 0.15) is 0 Å². The summed E-state index contributed by atoms with van der Waals surface area (Å²) in [6.07, 6.45) is 3.15. The summed E-state index contributed by atoms with van der Waals surface area (Å²) >= 11 is 0. The molecule has 1 aromatic rings. The van der Waals surface area contributed by atoms with Crippen molar-refractivity contribution in [3.8, 4) is 0 Å². The van der Waals surface area contributed by atoms with Crippen LogP contribution in [0.3, 0.4) is 0 Å². The molecule has 1 fully saturated rings. The molecule has 0 radical (unpaired) electrons. The van der Waals surface area contributed by atoms with Crippen molar-refractivity contribution >= 4 is 17.7 Å². The molecule has 8 heteroatoms. The maximum absolute atomic E-state index is 12.5. The highest BCUT2D eigenvalue weighted by molar-refractivity contribution is 5.94. The van der Waals surface area contributed by atoms with Crippen molar-refractivity contribution in [2.75, 3.05) is 33.2 Å². The highest BCUT2D eigenvalue weighted by Crippen LogP contribution is 2.13. The van der Waals surface area contributed by atoms with Crippen LogP contribution in [0.25, 0.3) is 0 Å². The molecule has 3 amide bonds. The number of amides is 3. The Balaban J connectivity index is 2.19. The summed E-state index contributed by atoms with van der Waals surface area (Å²) in [5.41, 5.74) is 0.481. The van der Waals surface area contributed by atoms with Crippen molar-refractivity contribution in [3.05, 3.63) is 18.0 Å². The van der Waals surface area contributed by atoms with Gasteiger partial charge in [-0.2, -0.15) is 5.10 Å². The first-order chi connectivity index (χ1) is 10.4. The molecule has 0 aromatic carbocycles. The van der Waals surface area contributed by atoms with Gasteiger partial charge in [0.25, 0.3) is 5.91 Å². The smallest absolute Gasteiger partial charge is 0.257 e.